The van der Waals surface area contributed by atoms with Crippen LogP contribution in [0.5, 0.6) is 0 Å². The maximum absolute atomic E-state index is 5.58. The van der Waals surface area contributed by atoms with E-state index in [0.717, 1.165) is 21.7 Å². The Morgan fingerprint density at radius 1 is 1.58 bits per heavy atom. The van der Waals surface area contributed by atoms with Crippen LogP contribution in [0.1, 0.15) is 13.3 Å². The molecule has 0 bridgehead atoms. The lowest BCUT2D eigenvalue weighted by molar-refractivity contribution is 1.02. The topological polar surface area (TPSA) is 51.8 Å². The molecule has 1 rings (SSSR count). The van der Waals surface area contributed by atoms with Crippen molar-refractivity contribution in [1.82, 2.24) is 9.97 Å². The SMILES string of the molecule is CCCSc1ncnc(N)c1Br. The first kappa shape index (κ1) is 9.80. The first-order valence-electron chi connectivity index (χ1n) is 3.64. The zero-order chi connectivity index (χ0) is 8.97. The van der Waals surface area contributed by atoms with Crippen LogP contribution in [0, 0.1) is 0 Å². The van der Waals surface area contributed by atoms with Crippen molar-refractivity contribution in [3.8, 4) is 0 Å². The normalized spacial score (nSPS) is 10.2. The standard InChI is InChI=1S/C7H10BrN3S/c1-2-3-12-7-5(8)6(9)10-4-11-7/h4H,2-3H2,1H3,(H2,9,10,11). The van der Waals surface area contributed by atoms with E-state index < -0.39 is 0 Å². The van der Waals surface area contributed by atoms with Crippen molar-refractivity contribution in [1.29, 1.82) is 0 Å². The van der Waals surface area contributed by atoms with E-state index in [0.29, 0.717) is 5.82 Å². The van der Waals surface area contributed by atoms with Gasteiger partial charge in [-0.25, -0.2) is 9.97 Å². The monoisotopic (exact) mass is 247 g/mol. The van der Waals surface area contributed by atoms with Crippen LogP contribution < -0.4 is 5.73 Å². The van der Waals surface area contributed by atoms with Crippen LogP contribution in [0.4, 0.5) is 5.82 Å². The molecular formula is C7H10BrN3S. The third-order valence-corrected chi connectivity index (χ3v) is 3.47. The Morgan fingerprint density at radius 3 is 3.00 bits per heavy atom. The van der Waals surface area contributed by atoms with E-state index >= 15 is 0 Å². The summed E-state index contributed by atoms with van der Waals surface area (Å²) in [4.78, 5) is 7.96. The molecule has 12 heavy (non-hydrogen) atoms. The number of nitrogens with zero attached hydrogens (tertiary/aromatic N) is 2. The fourth-order valence-corrected chi connectivity index (χ4v) is 1.96. The van der Waals surface area contributed by atoms with Crippen molar-refractivity contribution in [3.63, 3.8) is 0 Å². The first-order valence-corrected chi connectivity index (χ1v) is 5.42. The Kier molecular flexibility index (Phi) is 3.81. The second-order valence-electron chi connectivity index (χ2n) is 2.23. The molecule has 66 valence electrons. The van der Waals surface area contributed by atoms with Crippen LogP contribution in [0.15, 0.2) is 15.8 Å². The third-order valence-electron chi connectivity index (χ3n) is 1.23. The van der Waals surface area contributed by atoms with Gasteiger partial charge in [-0.3, -0.25) is 0 Å². The average molecular weight is 248 g/mol. The quantitative estimate of drug-likeness (QED) is 0.658. The van der Waals surface area contributed by atoms with Crippen molar-refractivity contribution in [2.45, 2.75) is 18.4 Å². The summed E-state index contributed by atoms with van der Waals surface area (Å²) in [6.07, 6.45) is 2.61. The predicted octanol–water partition coefficient (Wildman–Crippen LogP) is 2.32. The third kappa shape index (κ3) is 2.35. The largest absolute Gasteiger partial charge is 0.383 e. The Bertz CT molecular complexity index is 267. The number of halogens is 1. The molecule has 0 saturated carbocycles. The molecule has 1 aromatic rings. The van der Waals surface area contributed by atoms with Crippen molar-refractivity contribution in [2.24, 2.45) is 0 Å². The summed E-state index contributed by atoms with van der Waals surface area (Å²) in [7, 11) is 0. The van der Waals surface area contributed by atoms with E-state index in [1.54, 1.807) is 11.8 Å². The molecule has 0 spiro atoms. The Balaban J connectivity index is 2.78. The van der Waals surface area contributed by atoms with Gasteiger partial charge in [0.2, 0.25) is 0 Å². The van der Waals surface area contributed by atoms with Gasteiger partial charge in [-0.15, -0.1) is 11.8 Å². The van der Waals surface area contributed by atoms with E-state index in [1.165, 1.54) is 6.33 Å². The average Bonchev–Trinajstić information content (AvgIpc) is 2.08. The zero-order valence-corrected chi connectivity index (χ0v) is 9.15. The smallest absolute Gasteiger partial charge is 0.142 e. The van der Waals surface area contributed by atoms with Crippen LogP contribution in [0.2, 0.25) is 0 Å². The molecule has 0 aliphatic rings. The van der Waals surface area contributed by atoms with Crippen molar-refractivity contribution in [3.05, 3.63) is 10.8 Å². The number of anilines is 1. The molecule has 0 radical (unpaired) electrons. The molecule has 3 nitrogen and oxygen atoms in total. The van der Waals surface area contributed by atoms with Gasteiger partial charge in [-0.1, -0.05) is 6.92 Å². The summed E-state index contributed by atoms with van der Waals surface area (Å²) in [5, 5.41) is 0.921. The molecule has 2 N–H and O–H groups in total. The maximum atomic E-state index is 5.58. The van der Waals surface area contributed by atoms with Gasteiger partial charge in [0.15, 0.2) is 0 Å². The van der Waals surface area contributed by atoms with E-state index in [9.17, 15) is 0 Å². The lowest BCUT2D eigenvalue weighted by atomic mass is 10.6. The molecule has 1 aromatic heterocycles. The highest BCUT2D eigenvalue weighted by Gasteiger charge is 2.04. The van der Waals surface area contributed by atoms with Crippen molar-refractivity contribution >= 4 is 33.5 Å². The Labute approximate surface area is 84.3 Å². The van der Waals surface area contributed by atoms with E-state index in [1.807, 2.05) is 0 Å². The lowest BCUT2D eigenvalue weighted by Gasteiger charge is -2.02. The van der Waals surface area contributed by atoms with Crippen LogP contribution in [0.3, 0.4) is 0 Å². The second-order valence-corrected chi connectivity index (χ2v) is 4.10. The summed E-state index contributed by atoms with van der Waals surface area (Å²) in [5.74, 6) is 1.55. The maximum Gasteiger partial charge on any atom is 0.142 e. The van der Waals surface area contributed by atoms with Gasteiger partial charge in [-0.05, 0) is 28.1 Å². The summed E-state index contributed by atoms with van der Waals surface area (Å²) in [5.41, 5.74) is 5.58. The minimum absolute atomic E-state index is 0.503. The molecule has 0 aromatic carbocycles. The highest BCUT2D eigenvalue weighted by molar-refractivity contribution is 9.10. The van der Waals surface area contributed by atoms with Gasteiger partial charge in [0.1, 0.15) is 17.2 Å². The molecule has 0 aliphatic heterocycles. The molecule has 0 aliphatic carbocycles. The molecule has 5 heteroatoms. The molecular weight excluding hydrogens is 238 g/mol. The van der Waals surface area contributed by atoms with Gasteiger partial charge in [-0.2, -0.15) is 0 Å². The summed E-state index contributed by atoms with van der Waals surface area (Å²) >= 11 is 5.02. The van der Waals surface area contributed by atoms with Gasteiger partial charge in [0, 0.05) is 0 Å². The Hall–Kier alpha value is -0.290. The number of aromatic nitrogens is 2. The van der Waals surface area contributed by atoms with E-state index in [2.05, 4.69) is 32.8 Å². The fourth-order valence-electron chi connectivity index (χ4n) is 0.666. The molecule has 0 saturated heterocycles. The van der Waals surface area contributed by atoms with E-state index in [-0.39, 0.29) is 0 Å². The number of hydrogen-bond acceptors (Lipinski definition) is 4. The minimum atomic E-state index is 0.503. The van der Waals surface area contributed by atoms with Gasteiger partial charge in [0.25, 0.3) is 0 Å². The number of hydrogen-bond donors (Lipinski definition) is 1. The summed E-state index contributed by atoms with van der Waals surface area (Å²) in [6.45, 7) is 2.13. The van der Waals surface area contributed by atoms with Gasteiger partial charge in [0.05, 0.1) is 4.47 Å². The van der Waals surface area contributed by atoms with Gasteiger partial charge < -0.3 is 5.73 Å². The highest BCUT2D eigenvalue weighted by atomic mass is 79.9. The van der Waals surface area contributed by atoms with Crippen molar-refractivity contribution < 1.29 is 0 Å². The van der Waals surface area contributed by atoms with Crippen LogP contribution >= 0.6 is 27.7 Å². The van der Waals surface area contributed by atoms with E-state index in [4.69, 9.17) is 5.73 Å². The fraction of sp³-hybridized carbons (Fsp3) is 0.429. The van der Waals surface area contributed by atoms with Crippen molar-refractivity contribution in [2.75, 3.05) is 11.5 Å². The summed E-state index contributed by atoms with van der Waals surface area (Å²) in [6, 6.07) is 0. The Morgan fingerprint density at radius 2 is 2.33 bits per heavy atom. The predicted molar refractivity (Wildman–Crippen MR) is 55.2 cm³/mol. The second kappa shape index (κ2) is 4.67. The van der Waals surface area contributed by atoms with Crippen LogP contribution in [-0.2, 0) is 0 Å². The minimum Gasteiger partial charge on any atom is -0.383 e. The highest BCUT2D eigenvalue weighted by Crippen LogP contribution is 2.28. The number of nitrogens with two attached hydrogens (primary N) is 1. The molecule has 0 amide bonds. The molecule has 0 atom stereocenters. The first-order chi connectivity index (χ1) is 5.75. The van der Waals surface area contributed by atoms with Crippen LogP contribution in [-0.4, -0.2) is 15.7 Å². The van der Waals surface area contributed by atoms with Crippen LogP contribution in [0.25, 0.3) is 0 Å². The number of rotatable bonds is 3. The van der Waals surface area contributed by atoms with Gasteiger partial charge >= 0.3 is 0 Å². The molecule has 1 heterocycles. The molecule has 0 fully saturated rings. The zero-order valence-electron chi connectivity index (χ0n) is 6.75. The number of nitrogen functional groups attached to an aromatic ring is 1. The number of thioether (sulfide) groups is 1. The summed E-state index contributed by atoms with van der Waals surface area (Å²) < 4.78 is 0.809. The lowest BCUT2D eigenvalue weighted by Crippen LogP contribution is -1.94. The molecule has 0 unspecified atom stereocenters.